The van der Waals surface area contributed by atoms with E-state index < -0.39 is 0 Å². The maximum absolute atomic E-state index is 2.65. The Morgan fingerprint density at radius 3 is 1.56 bits per heavy atom. The van der Waals surface area contributed by atoms with Crippen molar-refractivity contribution < 1.29 is 0 Å². The molecule has 1 aromatic rings. The molecule has 1 aliphatic rings. The summed E-state index contributed by atoms with van der Waals surface area (Å²) in [6.07, 6.45) is 32.0. The lowest BCUT2D eigenvalue weighted by molar-refractivity contribution is 0.132. The third-order valence-corrected chi connectivity index (χ3v) is 7.51. The van der Waals surface area contributed by atoms with Crippen molar-refractivity contribution in [3.8, 4) is 0 Å². The van der Waals surface area contributed by atoms with E-state index in [1.807, 2.05) is 0 Å². The average Bonchev–Trinajstić information content (AvgIpc) is 3.23. The molecule has 0 aliphatic carbocycles. The monoisotopic (exact) mass is 468 g/mol. The maximum Gasteiger partial charge on any atom is 0.101 e. The molecule has 1 unspecified atom stereocenters. The van der Waals surface area contributed by atoms with Crippen LogP contribution in [0.3, 0.4) is 0 Å². The van der Waals surface area contributed by atoms with E-state index in [1.54, 1.807) is 0 Å². The molecule has 0 N–H and O–H groups in total. The van der Waals surface area contributed by atoms with Gasteiger partial charge in [-0.1, -0.05) is 147 Å². The van der Waals surface area contributed by atoms with E-state index >= 15 is 0 Å². The van der Waals surface area contributed by atoms with Crippen molar-refractivity contribution in [3.63, 3.8) is 0 Å². The van der Waals surface area contributed by atoms with Gasteiger partial charge in [-0.05, 0) is 24.8 Å². The van der Waals surface area contributed by atoms with Crippen LogP contribution in [-0.4, -0.2) is 22.5 Å². The van der Waals surface area contributed by atoms with E-state index in [2.05, 4.69) is 66.4 Å². The van der Waals surface area contributed by atoms with Gasteiger partial charge in [-0.3, -0.25) is 0 Å². The van der Waals surface area contributed by atoms with E-state index in [4.69, 9.17) is 0 Å². The van der Waals surface area contributed by atoms with Crippen molar-refractivity contribution in [2.45, 2.75) is 149 Å². The third-order valence-electron chi connectivity index (χ3n) is 7.51. The van der Waals surface area contributed by atoms with Crippen LogP contribution in [0.15, 0.2) is 42.7 Å². The standard InChI is InChI=1S/C32H56N2/c1-3-5-7-9-11-13-14-15-17-22-26-32-33(27-23-18-16-12-10-8-6-4-2)28-29-34(32)30-31-24-20-19-21-25-31/h19-21,24-25,28-29,32H,3-18,22-23,26-27,30H2,1-2H3. The van der Waals surface area contributed by atoms with Crippen molar-refractivity contribution in [1.82, 2.24) is 9.80 Å². The summed E-state index contributed by atoms with van der Waals surface area (Å²) in [5.74, 6) is 0. The molecule has 0 fully saturated rings. The lowest BCUT2D eigenvalue weighted by atomic mass is 10.0. The van der Waals surface area contributed by atoms with Crippen LogP contribution in [0.1, 0.15) is 141 Å². The fourth-order valence-electron chi connectivity index (χ4n) is 5.31. The van der Waals surface area contributed by atoms with Crippen molar-refractivity contribution >= 4 is 0 Å². The average molecular weight is 469 g/mol. The Morgan fingerprint density at radius 1 is 0.529 bits per heavy atom. The predicted molar refractivity (Wildman–Crippen MR) is 151 cm³/mol. The van der Waals surface area contributed by atoms with Gasteiger partial charge in [-0.15, -0.1) is 0 Å². The Morgan fingerprint density at radius 2 is 1.00 bits per heavy atom. The van der Waals surface area contributed by atoms with E-state index in [0.29, 0.717) is 6.17 Å². The zero-order valence-electron chi connectivity index (χ0n) is 22.9. The molecule has 2 rings (SSSR count). The molecule has 34 heavy (non-hydrogen) atoms. The molecule has 1 heterocycles. The molecule has 0 saturated heterocycles. The van der Waals surface area contributed by atoms with E-state index in [1.165, 1.54) is 134 Å². The van der Waals surface area contributed by atoms with Gasteiger partial charge < -0.3 is 9.80 Å². The number of rotatable bonds is 22. The molecule has 2 nitrogen and oxygen atoms in total. The van der Waals surface area contributed by atoms with Crippen LogP contribution in [0, 0.1) is 0 Å². The normalized spacial score (nSPS) is 15.5. The van der Waals surface area contributed by atoms with Gasteiger partial charge in [-0.2, -0.15) is 0 Å². The first-order chi connectivity index (χ1) is 16.8. The molecular weight excluding hydrogens is 412 g/mol. The largest absolute Gasteiger partial charge is 0.356 e. The predicted octanol–water partition coefficient (Wildman–Crippen LogP) is 10.1. The van der Waals surface area contributed by atoms with Crippen LogP contribution >= 0.6 is 0 Å². The molecule has 0 amide bonds. The van der Waals surface area contributed by atoms with Crippen LogP contribution in [0.4, 0.5) is 0 Å². The first-order valence-electron chi connectivity index (χ1n) is 15.1. The minimum atomic E-state index is 0.554. The Kier molecular flexibility index (Phi) is 16.8. The molecule has 1 aromatic carbocycles. The second kappa shape index (κ2) is 19.8. The Labute approximate surface area is 213 Å². The van der Waals surface area contributed by atoms with Crippen LogP contribution in [0.2, 0.25) is 0 Å². The molecule has 0 radical (unpaired) electrons. The van der Waals surface area contributed by atoms with Crippen LogP contribution in [0.25, 0.3) is 0 Å². The minimum Gasteiger partial charge on any atom is -0.356 e. The van der Waals surface area contributed by atoms with Gasteiger partial charge in [0.05, 0.1) is 0 Å². The molecule has 0 aromatic heterocycles. The van der Waals surface area contributed by atoms with Gasteiger partial charge in [0.1, 0.15) is 6.17 Å². The molecule has 1 aliphatic heterocycles. The fraction of sp³-hybridized carbons (Fsp3) is 0.750. The van der Waals surface area contributed by atoms with E-state index in [9.17, 15) is 0 Å². The highest BCUT2D eigenvalue weighted by atomic mass is 15.4. The number of unbranched alkanes of at least 4 members (excludes halogenated alkanes) is 16. The third kappa shape index (κ3) is 12.9. The van der Waals surface area contributed by atoms with Gasteiger partial charge in [0, 0.05) is 25.5 Å². The zero-order chi connectivity index (χ0) is 24.1. The number of nitrogens with zero attached hydrogens (tertiary/aromatic N) is 2. The zero-order valence-corrected chi connectivity index (χ0v) is 22.9. The van der Waals surface area contributed by atoms with Crippen molar-refractivity contribution in [1.29, 1.82) is 0 Å². The summed E-state index contributed by atoms with van der Waals surface area (Å²) in [7, 11) is 0. The molecule has 0 spiro atoms. The SMILES string of the molecule is CCCCCCCCCCCCC1N(CCCCCCCCCC)C=CN1Cc1ccccc1. The summed E-state index contributed by atoms with van der Waals surface area (Å²) in [6, 6.07) is 11.0. The number of hydrogen-bond donors (Lipinski definition) is 0. The van der Waals surface area contributed by atoms with Crippen molar-refractivity contribution in [2.75, 3.05) is 6.54 Å². The smallest absolute Gasteiger partial charge is 0.101 e. The summed E-state index contributed by atoms with van der Waals surface area (Å²) in [6.45, 7) is 6.86. The van der Waals surface area contributed by atoms with Gasteiger partial charge in [0.25, 0.3) is 0 Å². The second-order valence-corrected chi connectivity index (χ2v) is 10.6. The van der Waals surface area contributed by atoms with Crippen LogP contribution in [0.5, 0.6) is 0 Å². The number of benzene rings is 1. The summed E-state index contributed by atoms with van der Waals surface area (Å²) >= 11 is 0. The van der Waals surface area contributed by atoms with Gasteiger partial charge in [0.2, 0.25) is 0 Å². The first kappa shape index (κ1) is 28.8. The van der Waals surface area contributed by atoms with Crippen molar-refractivity contribution in [2.24, 2.45) is 0 Å². The summed E-state index contributed by atoms with van der Waals surface area (Å²) in [5, 5.41) is 0. The lowest BCUT2D eigenvalue weighted by Gasteiger charge is -2.33. The maximum atomic E-state index is 2.65. The van der Waals surface area contributed by atoms with Gasteiger partial charge in [-0.25, -0.2) is 0 Å². The molecule has 0 saturated carbocycles. The molecule has 0 bridgehead atoms. The highest BCUT2D eigenvalue weighted by molar-refractivity contribution is 5.15. The Hall–Kier alpha value is -1.44. The quantitative estimate of drug-likeness (QED) is 0.156. The first-order valence-corrected chi connectivity index (χ1v) is 15.1. The summed E-state index contributed by atoms with van der Waals surface area (Å²) in [5.41, 5.74) is 1.43. The Bertz CT molecular complexity index is 596. The molecular formula is C32H56N2. The lowest BCUT2D eigenvalue weighted by Crippen LogP contribution is -2.38. The van der Waals surface area contributed by atoms with Crippen molar-refractivity contribution in [3.05, 3.63) is 48.3 Å². The second-order valence-electron chi connectivity index (χ2n) is 10.6. The van der Waals surface area contributed by atoms with E-state index in [-0.39, 0.29) is 0 Å². The fourth-order valence-corrected chi connectivity index (χ4v) is 5.31. The van der Waals surface area contributed by atoms with Crippen LogP contribution in [-0.2, 0) is 6.54 Å². The molecule has 194 valence electrons. The highest BCUT2D eigenvalue weighted by Gasteiger charge is 2.25. The highest BCUT2D eigenvalue weighted by Crippen LogP contribution is 2.25. The number of hydrogen-bond acceptors (Lipinski definition) is 2. The molecule has 1 atom stereocenters. The van der Waals surface area contributed by atoms with Gasteiger partial charge >= 0.3 is 0 Å². The molecule has 2 heteroatoms. The Balaban J connectivity index is 1.67. The van der Waals surface area contributed by atoms with E-state index in [0.717, 1.165) is 6.54 Å². The summed E-state index contributed by atoms with van der Waals surface area (Å²) < 4.78 is 0. The van der Waals surface area contributed by atoms with Gasteiger partial charge in [0.15, 0.2) is 0 Å². The summed E-state index contributed by atoms with van der Waals surface area (Å²) in [4.78, 5) is 5.24. The minimum absolute atomic E-state index is 0.554. The topological polar surface area (TPSA) is 6.48 Å². The van der Waals surface area contributed by atoms with Crippen LogP contribution < -0.4 is 0 Å².